The maximum absolute atomic E-state index is 12.3. The van der Waals surface area contributed by atoms with Gasteiger partial charge in [0, 0.05) is 16.6 Å². The third kappa shape index (κ3) is 5.81. The molecule has 0 aliphatic heterocycles. The van der Waals surface area contributed by atoms with Crippen LogP contribution in [0.2, 0.25) is 10.0 Å². The lowest BCUT2D eigenvalue weighted by Crippen LogP contribution is -2.24. The standard InChI is InChI=1S/C22H23Cl2N3O2/c1-14(26-27-22(29)19-12-9-17(23)13-20(19)24)15-7-10-18(11-8-15)25-21(28)16-5-3-2-4-6-16/h7-13,16H,2-6H2,1H3,(H,25,28)(H,27,29)/b26-14+. The van der Waals surface area contributed by atoms with Gasteiger partial charge in [0.1, 0.15) is 0 Å². The largest absolute Gasteiger partial charge is 0.326 e. The van der Waals surface area contributed by atoms with E-state index in [9.17, 15) is 9.59 Å². The van der Waals surface area contributed by atoms with Gasteiger partial charge in [-0.2, -0.15) is 5.10 Å². The van der Waals surface area contributed by atoms with Crippen LogP contribution in [0.5, 0.6) is 0 Å². The maximum atomic E-state index is 12.3. The van der Waals surface area contributed by atoms with Gasteiger partial charge in [0.15, 0.2) is 0 Å². The van der Waals surface area contributed by atoms with Crippen molar-refractivity contribution >= 4 is 46.4 Å². The van der Waals surface area contributed by atoms with Crippen molar-refractivity contribution in [3.8, 4) is 0 Å². The SMILES string of the molecule is C/C(=N\NC(=O)c1ccc(Cl)cc1Cl)c1ccc(NC(=O)C2CCCCC2)cc1. The Morgan fingerprint density at radius 2 is 1.69 bits per heavy atom. The van der Waals surface area contributed by atoms with Crippen molar-refractivity contribution in [3.05, 3.63) is 63.6 Å². The molecule has 0 bridgehead atoms. The zero-order chi connectivity index (χ0) is 20.8. The smallest absolute Gasteiger partial charge is 0.272 e. The first-order chi connectivity index (χ1) is 13.9. The van der Waals surface area contributed by atoms with Crippen molar-refractivity contribution in [3.63, 3.8) is 0 Å². The van der Waals surface area contributed by atoms with Gasteiger partial charge in [0.25, 0.3) is 5.91 Å². The summed E-state index contributed by atoms with van der Waals surface area (Å²) in [7, 11) is 0. The fourth-order valence-electron chi connectivity index (χ4n) is 3.34. The first-order valence-electron chi connectivity index (χ1n) is 9.65. The molecule has 0 aromatic heterocycles. The summed E-state index contributed by atoms with van der Waals surface area (Å²) in [4.78, 5) is 24.6. The van der Waals surface area contributed by atoms with Gasteiger partial charge in [0.2, 0.25) is 5.91 Å². The summed E-state index contributed by atoms with van der Waals surface area (Å²) >= 11 is 11.9. The van der Waals surface area contributed by atoms with Crippen LogP contribution < -0.4 is 10.7 Å². The number of nitrogens with zero attached hydrogens (tertiary/aromatic N) is 1. The molecule has 2 N–H and O–H groups in total. The Hall–Kier alpha value is -2.37. The van der Waals surface area contributed by atoms with Gasteiger partial charge < -0.3 is 5.32 Å². The van der Waals surface area contributed by atoms with Crippen molar-refractivity contribution in [2.24, 2.45) is 11.0 Å². The maximum Gasteiger partial charge on any atom is 0.272 e. The Morgan fingerprint density at radius 3 is 2.34 bits per heavy atom. The van der Waals surface area contributed by atoms with E-state index in [4.69, 9.17) is 23.2 Å². The number of hydrogen-bond acceptors (Lipinski definition) is 3. The molecule has 3 rings (SSSR count). The molecule has 29 heavy (non-hydrogen) atoms. The Bertz CT molecular complexity index is 920. The van der Waals surface area contributed by atoms with Gasteiger partial charge in [-0.3, -0.25) is 9.59 Å². The van der Waals surface area contributed by atoms with Crippen LogP contribution in [0.15, 0.2) is 47.6 Å². The number of nitrogens with one attached hydrogen (secondary N) is 2. The molecule has 7 heteroatoms. The molecule has 0 heterocycles. The molecule has 0 saturated heterocycles. The highest BCUT2D eigenvalue weighted by Gasteiger charge is 2.21. The van der Waals surface area contributed by atoms with E-state index in [0.717, 1.165) is 36.9 Å². The molecule has 1 aliphatic rings. The van der Waals surface area contributed by atoms with Gasteiger partial charge in [-0.1, -0.05) is 54.6 Å². The van der Waals surface area contributed by atoms with Gasteiger partial charge in [-0.15, -0.1) is 0 Å². The first kappa shape index (κ1) is 21.3. The number of carbonyl (C=O) groups is 2. The first-order valence-corrected chi connectivity index (χ1v) is 10.4. The summed E-state index contributed by atoms with van der Waals surface area (Å²) in [6, 6.07) is 12.1. The van der Waals surface area contributed by atoms with Gasteiger partial charge in [-0.05, 0) is 55.7 Å². The Morgan fingerprint density at radius 1 is 1.00 bits per heavy atom. The molecule has 2 aromatic carbocycles. The summed E-state index contributed by atoms with van der Waals surface area (Å²) in [5.74, 6) is -0.209. The Labute approximate surface area is 180 Å². The molecule has 2 aromatic rings. The fraction of sp³-hybridized carbons (Fsp3) is 0.318. The van der Waals surface area contributed by atoms with Gasteiger partial charge in [0.05, 0.1) is 16.3 Å². The zero-order valence-electron chi connectivity index (χ0n) is 16.2. The normalized spacial score (nSPS) is 15.1. The van der Waals surface area contributed by atoms with Crippen molar-refractivity contribution in [2.45, 2.75) is 39.0 Å². The predicted molar refractivity (Wildman–Crippen MR) is 118 cm³/mol. The summed E-state index contributed by atoms with van der Waals surface area (Å²) in [5, 5.41) is 7.85. The molecular formula is C22H23Cl2N3O2. The van der Waals surface area contributed by atoms with E-state index in [1.165, 1.54) is 12.5 Å². The van der Waals surface area contributed by atoms with E-state index < -0.39 is 5.91 Å². The summed E-state index contributed by atoms with van der Waals surface area (Å²) < 4.78 is 0. The molecule has 0 unspecified atom stereocenters. The quantitative estimate of drug-likeness (QED) is 0.472. The fourth-order valence-corrected chi connectivity index (χ4v) is 3.83. The highest BCUT2D eigenvalue weighted by atomic mass is 35.5. The molecule has 5 nitrogen and oxygen atoms in total. The summed E-state index contributed by atoms with van der Waals surface area (Å²) in [5.41, 5.74) is 5.03. The van der Waals surface area contributed by atoms with E-state index in [0.29, 0.717) is 16.3 Å². The second-order valence-corrected chi connectivity index (χ2v) is 8.01. The lowest BCUT2D eigenvalue weighted by atomic mass is 9.88. The summed E-state index contributed by atoms with van der Waals surface area (Å²) in [6.07, 6.45) is 5.40. The molecule has 1 aliphatic carbocycles. The van der Waals surface area contributed by atoms with Gasteiger partial charge >= 0.3 is 0 Å². The highest BCUT2D eigenvalue weighted by molar-refractivity contribution is 6.36. The number of amides is 2. The van der Waals surface area contributed by atoms with Crippen molar-refractivity contribution in [1.82, 2.24) is 5.43 Å². The van der Waals surface area contributed by atoms with Crippen LogP contribution in [-0.2, 0) is 4.79 Å². The molecule has 1 saturated carbocycles. The number of halogens is 2. The van der Waals surface area contributed by atoms with Crippen LogP contribution in [0.1, 0.15) is 54.9 Å². The average Bonchev–Trinajstić information content (AvgIpc) is 2.73. The molecule has 152 valence electrons. The number of rotatable bonds is 5. The highest BCUT2D eigenvalue weighted by Crippen LogP contribution is 2.25. The molecule has 0 radical (unpaired) electrons. The monoisotopic (exact) mass is 431 g/mol. The van der Waals surface area contributed by atoms with Crippen LogP contribution in [0.3, 0.4) is 0 Å². The topological polar surface area (TPSA) is 70.6 Å². The number of hydrazone groups is 1. The Kier molecular flexibility index (Phi) is 7.29. The van der Waals surface area contributed by atoms with Crippen LogP contribution in [0.25, 0.3) is 0 Å². The minimum atomic E-state index is -0.414. The second kappa shape index (κ2) is 9.90. The van der Waals surface area contributed by atoms with Crippen LogP contribution in [0.4, 0.5) is 5.69 Å². The van der Waals surface area contributed by atoms with E-state index in [2.05, 4.69) is 15.8 Å². The predicted octanol–water partition coefficient (Wildman–Crippen LogP) is 5.67. The number of hydrogen-bond donors (Lipinski definition) is 2. The number of carbonyl (C=O) groups excluding carboxylic acids is 2. The van der Waals surface area contributed by atoms with Crippen LogP contribution in [-0.4, -0.2) is 17.5 Å². The Balaban J connectivity index is 1.59. The van der Waals surface area contributed by atoms with Gasteiger partial charge in [-0.25, -0.2) is 5.43 Å². The summed E-state index contributed by atoms with van der Waals surface area (Å²) in [6.45, 7) is 1.79. The lowest BCUT2D eigenvalue weighted by molar-refractivity contribution is -0.120. The minimum absolute atomic E-state index is 0.0925. The zero-order valence-corrected chi connectivity index (χ0v) is 17.7. The van der Waals surface area contributed by atoms with Crippen LogP contribution in [0, 0.1) is 5.92 Å². The van der Waals surface area contributed by atoms with Crippen molar-refractivity contribution in [1.29, 1.82) is 0 Å². The van der Waals surface area contributed by atoms with Crippen molar-refractivity contribution < 1.29 is 9.59 Å². The number of benzene rings is 2. The molecule has 2 amide bonds. The van der Waals surface area contributed by atoms with Crippen molar-refractivity contribution in [2.75, 3.05) is 5.32 Å². The van der Waals surface area contributed by atoms with E-state index in [1.54, 1.807) is 19.1 Å². The third-order valence-electron chi connectivity index (χ3n) is 5.05. The minimum Gasteiger partial charge on any atom is -0.326 e. The molecular weight excluding hydrogens is 409 g/mol. The molecule has 0 spiro atoms. The van der Waals surface area contributed by atoms with E-state index in [1.807, 2.05) is 24.3 Å². The van der Waals surface area contributed by atoms with E-state index >= 15 is 0 Å². The van der Waals surface area contributed by atoms with E-state index in [-0.39, 0.29) is 16.8 Å². The number of anilines is 1. The second-order valence-electron chi connectivity index (χ2n) is 7.16. The lowest BCUT2D eigenvalue weighted by Gasteiger charge is -2.20. The third-order valence-corrected chi connectivity index (χ3v) is 5.59. The average molecular weight is 432 g/mol. The molecule has 1 fully saturated rings. The molecule has 0 atom stereocenters. The van der Waals surface area contributed by atoms with Crippen LogP contribution >= 0.6 is 23.2 Å².